The summed E-state index contributed by atoms with van der Waals surface area (Å²) in [6.45, 7) is 0.117. The van der Waals surface area contributed by atoms with E-state index in [1.807, 2.05) is 22.6 Å². The molecule has 0 bridgehead atoms. The van der Waals surface area contributed by atoms with Crippen molar-refractivity contribution in [3.8, 4) is 5.75 Å². The Bertz CT molecular complexity index is 659. The molecule has 0 aliphatic rings. The monoisotopic (exact) mass is 519 g/mol. The molecule has 0 saturated heterocycles. The lowest BCUT2D eigenvalue weighted by Crippen LogP contribution is -2.10. The van der Waals surface area contributed by atoms with E-state index in [2.05, 4.69) is 27.9 Å². The van der Waals surface area contributed by atoms with Crippen LogP contribution in [0.25, 0.3) is 0 Å². The summed E-state index contributed by atoms with van der Waals surface area (Å²) in [4.78, 5) is 0. The molecule has 0 aliphatic carbocycles. The minimum atomic E-state index is -4.41. The second-order valence-electron chi connectivity index (χ2n) is 4.29. The fourth-order valence-corrected chi connectivity index (χ4v) is 3.79. The third-order valence-electron chi connectivity index (χ3n) is 2.81. The number of phenolic OH excluding ortho intramolecular Hbond substituents is 1. The SMILES string of the molecule is Oc1c(I)cc(I)cc1CNc1ccccc1C(F)(F)F. The number of benzene rings is 2. The maximum absolute atomic E-state index is 12.9. The smallest absolute Gasteiger partial charge is 0.418 e. The first kappa shape index (κ1) is 16.7. The number of hydrogen-bond donors (Lipinski definition) is 2. The van der Waals surface area contributed by atoms with Crippen LogP contribution in [0.1, 0.15) is 11.1 Å². The molecule has 0 unspecified atom stereocenters. The summed E-state index contributed by atoms with van der Waals surface area (Å²) in [6, 6.07) is 8.82. The third kappa shape index (κ3) is 4.15. The summed E-state index contributed by atoms with van der Waals surface area (Å²) in [5.41, 5.74) is -0.161. The molecule has 0 radical (unpaired) electrons. The summed E-state index contributed by atoms with van der Waals surface area (Å²) in [5.74, 6) is 0.0907. The molecule has 2 rings (SSSR count). The van der Waals surface area contributed by atoms with E-state index in [-0.39, 0.29) is 18.0 Å². The molecule has 0 aromatic heterocycles. The van der Waals surface area contributed by atoms with E-state index >= 15 is 0 Å². The van der Waals surface area contributed by atoms with Gasteiger partial charge in [-0.3, -0.25) is 0 Å². The van der Waals surface area contributed by atoms with Crippen molar-refractivity contribution in [3.05, 3.63) is 54.7 Å². The van der Waals surface area contributed by atoms with Gasteiger partial charge in [-0.25, -0.2) is 0 Å². The zero-order valence-electron chi connectivity index (χ0n) is 10.5. The topological polar surface area (TPSA) is 32.3 Å². The van der Waals surface area contributed by atoms with Gasteiger partial charge in [0.15, 0.2) is 0 Å². The lowest BCUT2D eigenvalue weighted by atomic mass is 10.1. The van der Waals surface area contributed by atoms with Crippen molar-refractivity contribution >= 4 is 50.9 Å². The van der Waals surface area contributed by atoms with Gasteiger partial charge >= 0.3 is 6.18 Å². The van der Waals surface area contributed by atoms with Crippen molar-refractivity contribution in [1.29, 1.82) is 0 Å². The number of anilines is 1. The van der Waals surface area contributed by atoms with E-state index in [4.69, 9.17) is 0 Å². The molecule has 0 saturated carbocycles. The van der Waals surface area contributed by atoms with E-state index in [1.54, 1.807) is 12.1 Å². The number of phenols is 1. The van der Waals surface area contributed by atoms with Crippen molar-refractivity contribution in [2.24, 2.45) is 0 Å². The van der Waals surface area contributed by atoms with Gasteiger partial charge in [0.2, 0.25) is 0 Å². The van der Waals surface area contributed by atoms with Crippen LogP contribution in [0, 0.1) is 7.14 Å². The van der Waals surface area contributed by atoms with Gasteiger partial charge in [0.05, 0.1) is 9.13 Å². The molecular weight excluding hydrogens is 509 g/mol. The van der Waals surface area contributed by atoms with Crippen molar-refractivity contribution in [3.63, 3.8) is 0 Å². The van der Waals surface area contributed by atoms with E-state index < -0.39 is 11.7 Å². The minimum Gasteiger partial charge on any atom is -0.506 e. The molecule has 112 valence electrons. The Kier molecular flexibility index (Phi) is 5.23. The Morgan fingerprint density at radius 2 is 1.76 bits per heavy atom. The number of aromatic hydroxyl groups is 1. The summed E-state index contributed by atoms with van der Waals surface area (Å²) < 4.78 is 40.2. The Morgan fingerprint density at radius 3 is 2.43 bits per heavy atom. The first-order valence-electron chi connectivity index (χ1n) is 5.86. The van der Waals surface area contributed by atoms with E-state index in [9.17, 15) is 18.3 Å². The van der Waals surface area contributed by atoms with E-state index in [1.165, 1.54) is 18.2 Å². The van der Waals surface area contributed by atoms with Crippen LogP contribution in [0.2, 0.25) is 0 Å². The van der Waals surface area contributed by atoms with Gasteiger partial charge in [-0.2, -0.15) is 13.2 Å². The van der Waals surface area contributed by atoms with E-state index in [0.717, 1.165) is 9.64 Å². The van der Waals surface area contributed by atoms with Crippen LogP contribution in [0.4, 0.5) is 18.9 Å². The molecule has 21 heavy (non-hydrogen) atoms. The van der Waals surface area contributed by atoms with Crippen molar-refractivity contribution in [1.82, 2.24) is 0 Å². The molecule has 2 N–H and O–H groups in total. The molecular formula is C14H10F3I2NO. The zero-order chi connectivity index (χ0) is 15.6. The van der Waals surface area contributed by atoms with Gasteiger partial charge in [-0.15, -0.1) is 0 Å². The molecule has 0 spiro atoms. The van der Waals surface area contributed by atoms with Gasteiger partial charge < -0.3 is 10.4 Å². The van der Waals surface area contributed by atoms with Gasteiger partial charge in [-0.05, 0) is 69.4 Å². The average Bonchev–Trinajstić information content (AvgIpc) is 2.40. The average molecular weight is 519 g/mol. The maximum atomic E-state index is 12.9. The number of rotatable bonds is 3. The van der Waals surface area contributed by atoms with Crippen molar-refractivity contribution < 1.29 is 18.3 Å². The zero-order valence-corrected chi connectivity index (χ0v) is 14.8. The summed E-state index contributed by atoms with van der Waals surface area (Å²) >= 11 is 4.08. The van der Waals surface area contributed by atoms with Gasteiger partial charge in [0, 0.05) is 21.4 Å². The van der Waals surface area contributed by atoms with Crippen LogP contribution >= 0.6 is 45.2 Å². The Labute approximate surface area is 147 Å². The summed E-state index contributed by atoms with van der Waals surface area (Å²) in [6.07, 6.45) is -4.41. The Morgan fingerprint density at radius 1 is 1.10 bits per heavy atom. The normalized spacial score (nSPS) is 11.5. The summed E-state index contributed by atoms with van der Waals surface area (Å²) in [7, 11) is 0. The fourth-order valence-electron chi connectivity index (χ4n) is 1.83. The molecule has 2 nitrogen and oxygen atoms in total. The van der Waals surface area contributed by atoms with Crippen molar-refractivity contribution in [2.45, 2.75) is 12.7 Å². The second kappa shape index (κ2) is 6.59. The molecule has 0 atom stereocenters. The summed E-state index contributed by atoms with van der Waals surface area (Å²) in [5, 5.41) is 12.7. The number of alkyl halides is 3. The highest BCUT2D eigenvalue weighted by atomic mass is 127. The first-order chi connectivity index (χ1) is 9.79. The number of halogens is 5. The number of hydrogen-bond acceptors (Lipinski definition) is 2. The standard InChI is InChI=1S/C14H10F3I2NO/c15-14(16,17)10-3-1-2-4-12(10)20-7-8-5-9(18)6-11(19)13(8)21/h1-6,20-21H,7H2. The highest BCUT2D eigenvalue weighted by Crippen LogP contribution is 2.35. The molecule has 0 aliphatic heterocycles. The molecule has 0 amide bonds. The van der Waals surface area contributed by atoms with Gasteiger partial charge in [0.1, 0.15) is 5.75 Å². The maximum Gasteiger partial charge on any atom is 0.418 e. The van der Waals surface area contributed by atoms with Crippen LogP contribution in [0.15, 0.2) is 36.4 Å². The molecule has 2 aromatic rings. The van der Waals surface area contributed by atoms with Gasteiger partial charge in [-0.1, -0.05) is 12.1 Å². The predicted octanol–water partition coefficient (Wildman–Crippen LogP) is 5.23. The van der Waals surface area contributed by atoms with Crippen LogP contribution in [0.5, 0.6) is 5.75 Å². The van der Waals surface area contributed by atoms with Crippen LogP contribution < -0.4 is 5.32 Å². The molecule has 0 fully saturated rings. The fraction of sp³-hybridized carbons (Fsp3) is 0.143. The molecule has 2 aromatic carbocycles. The van der Waals surface area contributed by atoms with Crippen LogP contribution in [-0.4, -0.2) is 5.11 Å². The predicted molar refractivity (Wildman–Crippen MR) is 92.3 cm³/mol. The quantitative estimate of drug-likeness (QED) is 0.545. The molecule has 7 heteroatoms. The minimum absolute atomic E-state index is 0.00160. The van der Waals surface area contributed by atoms with Crippen LogP contribution in [-0.2, 0) is 12.7 Å². The van der Waals surface area contributed by atoms with Crippen LogP contribution in [0.3, 0.4) is 0 Å². The number of nitrogens with one attached hydrogen (secondary N) is 1. The Balaban J connectivity index is 2.26. The van der Waals surface area contributed by atoms with E-state index in [0.29, 0.717) is 9.13 Å². The largest absolute Gasteiger partial charge is 0.506 e. The van der Waals surface area contributed by atoms with Crippen molar-refractivity contribution in [2.75, 3.05) is 5.32 Å². The lowest BCUT2D eigenvalue weighted by molar-refractivity contribution is -0.136. The second-order valence-corrected chi connectivity index (χ2v) is 6.70. The molecule has 0 heterocycles. The third-order valence-corrected chi connectivity index (χ3v) is 4.25. The highest BCUT2D eigenvalue weighted by Gasteiger charge is 2.33. The Hall–Kier alpha value is -0.710. The van der Waals surface area contributed by atoms with Gasteiger partial charge in [0.25, 0.3) is 0 Å². The highest BCUT2D eigenvalue weighted by molar-refractivity contribution is 14.1. The number of para-hydroxylation sites is 1. The lowest BCUT2D eigenvalue weighted by Gasteiger charge is -2.15. The first-order valence-corrected chi connectivity index (χ1v) is 8.02.